The molecule has 0 amide bonds. The summed E-state index contributed by atoms with van der Waals surface area (Å²) in [7, 11) is 0. The van der Waals surface area contributed by atoms with E-state index in [0.717, 1.165) is 0 Å². The van der Waals surface area contributed by atoms with E-state index in [4.69, 9.17) is 20.4 Å². The molecular weight excluding hydrogens is 184 g/mol. The molecule has 0 unspecified atom stereocenters. The van der Waals surface area contributed by atoms with Crippen molar-refractivity contribution in [2.75, 3.05) is 6.61 Å². The Balaban J connectivity index is 4.07. The van der Waals surface area contributed by atoms with E-state index in [1.54, 1.807) is 0 Å². The summed E-state index contributed by atoms with van der Waals surface area (Å²) >= 11 is 3.63. The van der Waals surface area contributed by atoms with Gasteiger partial charge in [-0.2, -0.15) is 12.6 Å². The Kier molecular flexibility index (Phi) is 5.43. The van der Waals surface area contributed by atoms with Crippen LogP contribution in [0.15, 0.2) is 0 Å². The molecule has 0 radical (unpaired) electrons. The molecule has 72 valence electrons. The maximum atomic E-state index is 10.1. The molecule has 0 aliphatic rings. The first kappa shape index (κ1) is 11.9. The molecule has 0 saturated heterocycles. The molecule has 0 aliphatic heterocycles. The van der Waals surface area contributed by atoms with Gasteiger partial charge in [0.15, 0.2) is 0 Å². The van der Waals surface area contributed by atoms with E-state index in [-0.39, 0.29) is 0 Å². The third-order valence-electron chi connectivity index (χ3n) is 1.42. The van der Waals surface area contributed by atoms with Gasteiger partial charge in [0.05, 0.1) is 11.9 Å². The van der Waals surface area contributed by atoms with Crippen LogP contribution in [-0.4, -0.2) is 56.9 Å². The van der Waals surface area contributed by atoms with Gasteiger partial charge in [0.2, 0.25) is 0 Å². The fourth-order valence-electron chi connectivity index (χ4n) is 0.618. The number of carbonyl (C=O) groups excluding carboxylic acids is 1. The molecule has 0 bridgehead atoms. The zero-order chi connectivity index (χ0) is 9.72. The minimum atomic E-state index is -1.57. The summed E-state index contributed by atoms with van der Waals surface area (Å²) < 4.78 is 0. The van der Waals surface area contributed by atoms with Gasteiger partial charge in [-0.1, -0.05) is 0 Å². The first-order valence-corrected chi connectivity index (χ1v) is 3.84. The largest absolute Gasteiger partial charge is 0.394 e. The van der Waals surface area contributed by atoms with Crippen molar-refractivity contribution in [1.29, 1.82) is 0 Å². The van der Waals surface area contributed by atoms with Crippen LogP contribution in [0, 0.1) is 0 Å². The lowest BCUT2D eigenvalue weighted by Crippen LogP contribution is -2.44. The first-order chi connectivity index (χ1) is 5.54. The van der Waals surface area contributed by atoms with Crippen LogP contribution in [0.4, 0.5) is 0 Å². The van der Waals surface area contributed by atoms with Gasteiger partial charge in [-0.15, -0.1) is 0 Å². The molecule has 4 N–H and O–H groups in total. The number of carbonyl (C=O) groups is 1. The quantitative estimate of drug-likeness (QED) is 0.248. The summed E-state index contributed by atoms with van der Waals surface area (Å²) in [6.45, 7) is -0.683. The van der Waals surface area contributed by atoms with Crippen LogP contribution in [-0.2, 0) is 4.79 Å². The van der Waals surface area contributed by atoms with Crippen molar-refractivity contribution >= 4 is 18.9 Å². The molecule has 0 rings (SSSR count). The van der Waals surface area contributed by atoms with Crippen LogP contribution in [0.5, 0.6) is 0 Å². The molecule has 6 heteroatoms. The number of aldehydes is 1. The zero-order valence-electron chi connectivity index (χ0n) is 6.24. The molecular formula is C6H12O5S. The highest BCUT2D eigenvalue weighted by Crippen LogP contribution is 2.07. The molecule has 0 heterocycles. The highest BCUT2D eigenvalue weighted by atomic mass is 32.1. The Morgan fingerprint density at radius 2 is 1.75 bits per heavy atom. The fraction of sp³-hybridized carbons (Fsp3) is 0.833. The average molecular weight is 196 g/mol. The second-order valence-corrected chi connectivity index (χ2v) is 2.95. The smallest absolute Gasteiger partial charge is 0.135 e. The van der Waals surface area contributed by atoms with Gasteiger partial charge in [-0.25, -0.2) is 0 Å². The standard InChI is InChI=1S/C6H12O5S/c7-1-3(9)5(10)6(11)4(12)2-8/h2-7,9-12H,1H2/t3-,4+,5+,6-/m1/s1. The maximum absolute atomic E-state index is 10.1. The van der Waals surface area contributed by atoms with Crippen molar-refractivity contribution in [2.45, 2.75) is 23.6 Å². The van der Waals surface area contributed by atoms with Crippen LogP contribution >= 0.6 is 12.6 Å². The Hall–Kier alpha value is -0.140. The maximum Gasteiger partial charge on any atom is 0.135 e. The van der Waals surface area contributed by atoms with Crippen LogP contribution in [0.1, 0.15) is 0 Å². The number of aliphatic hydroxyl groups excluding tert-OH is 4. The van der Waals surface area contributed by atoms with E-state index in [2.05, 4.69) is 12.6 Å². The predicted octanol–water partition coefficient (Wildman–Crippen LogP) is -2.44. The average Bonchev–Trinajstić information content (AvgIpc) is 2.12. The lowest BCUT2D eigenvalue weighted by molar-refractivity contribution is -0.114. The van der Waals surface area contributed by atoms with Crippen LogP contribution in [0.2, 0.25) is 0 Å². The second-order valence-electron chi connectivity index (χ2n) is 2.36. The topological polar surface area (TPSA) is 98.0 Å². The SMILES string of the molecule is O=C[C@H](S)[C@@H](O)[C@@H](O)[C@H](O)CO. The molecule has 4 atom stereocenters. The van der Waals surface area contributed by atoms with Gasteiger partial charge < -0.3 is 25.2 Å². The molecule has 0 aromatic carbocycles. The van der Waals surface area contributed by atoms with E-state index < -0.39 is 30.2 Å². The molecule has 0 aliphatic carbocycles. The van der Waals surface area contributed by atoms with Gasteiger partial charge >= 0.3 is 0 Å². The third kappa shape index (κ3) is 3.08. The van der Waals surface area contributed by atoms with E-state index >= 15 is 0 Å². The normalized spacial score (nSPS) is 21.1. The molecule has 12 heavy (non-hydrogen) atoms. The van der Waals surface area contributed by atoms with Crippen molar-refractivity contribution in [3.63, 3.8) is 0 Å². The number of rotatable bonds is 5. The van der Waals surface area contributed by atoms with Crippen LogP contribution in [0.25, 0.3) is 0 Å². The summed E-state index contributed by atoms with van der Waals surface area (Å²) in [6.07, 6.45) is -4.17. The molecule has 0 saturated carbocycles. The monoisotopic (exact) mass is 196 g/mol. The molecule has 0 spiro atoms. The number of aliphatic hydroxyl groups is 4. The molecule has 0 aromatic rings. The molecule has 5 nitrogen and oxygen atoms in total. The van der Waals surface area contributed by atoms with Crippen molar-refractivity contribution in [1.82, 2.24) is 0 Å². The van der Waals surface area contributed by atoms with Crippen molar-refractivity contribution in [2.24, 2.45) is 0 Å². The molecule has 0 fully saturated rings. The van der Waals surface area contributed by atoms with Gasteiger partial charge in [-0.05, 0) is 0 Å². The summed E-state index contributed by atoms with van der Waals surface area (Å²) in [5.41, 5.74) is 0. The van der Waals surface area contributed by atoms with E-state index in [0.29, 0.717) is 6.29 Å². The number of hydrogen-bond donors (Lipinski definition) is 5. The summed E-state index contributed by atoms with van der Waals surface area (Å²) in [4.78, 5) is 10.1. The molecule has 0 aromatic heterocycles. The van der Waals surface area contributed by atoms with Gasteiger partial charge in [-0.3, -0.25) is 0 Å². The minimum absolute atomic E-state index is 0.334. The van der Waals surface area contributed by atoms with Crippen molar-refractivity contribution < 1.29 is 25.2 Å². The van der Waals surface area contributed by atoms with Crippen molar-refractivity contribution in [3.05, 3.63) is 0 Å². The van der Waals surface area contributed by atoms with E-state index in [9.17, 15) is 4.79 Å². The Morgan fingerprint density at radius 3 is 2.08 bits per heavy atom. The lowest BCUT2D eigenvalue weighted by atomic mass is 10.1. The van der Waals surface area contributed by atoms with Gasteiger partial charge in [0.25, 0.3) is 0 Å². The van der Waals surface area contributed by atoms with Crippen LogP contribution in [0.3, 0.4) is 0 Å². The fourth-order valence-corrected chi connectivity index (χ4v) is 0.794. The third-order valence-corrected chi connectivity index (χ3v) is 1.85. The Bertz CT molecular complexity index is 142. The predicted molar refractivity (Wildman–Crippen MR) is 43.9 cm³/mol. The van der Waals surface area contributed by atoms with Gasteiger partial charge in [0, 0.05) is 0 Å². The number of thiol groups is 1. The highest BCUT2D eigenvalue weighted by Gasteiger charge is 2.28. The second kappa shape index (κ2) is 5.50. The lowest BCUT2D eigenvalue weighted by Gasteiger charge is -2.22. The first-order valence-electron chi connectivity index (χ1n) is 3.33. The summed E-state index contributed by atoms with van der Waals surface area (Å²) in [5.74, 6) is 0. The zero-order valence-corrected chi connectivity index (χ0v) is 7.13. The van der Waals surface area contributed by atoms with Gasteiger partial charge in [0.1, 0.15) is 24.6 Å². The van der Waals surface area contributed by atoms with E-state index in [1.807, 2.05) is 0 Å². The van der Waals surface area contributed by atoms with E-state index in [1.165, 1.54) is 0 Å². The van der Waals surface area contributed by atoms with Crippen LogP contribution < -0.4 is 0 Å². The summed E-state index contributed by atoms with van der Waals surface area (Å²) in [6, 6.07) is 0. The Morgan fingerprint density at radius 1 is 1.25 bits per heavy atom. The number of hydrogen-bond acceptors (Lipinski definition) is 6. The minimum Gasteiger partial charge on any atom is -0.394 e. The Labute approximate surface area is 75.1 Å². The van der Waals surface area contributed by atoms with Crippen molar-refractivity contribution in [3.8, 4) is 0 Å². The highest BCUT2D eigenvalue weighted by molar-refractivity contribution is 7.81. The summed E-state index contributed by atoms with van der Waals surface area (Å²) in [5, 5.41) is 34.2.